The number of aliphatic hydroxyl groups is 1. The number of carbonyl (C=O) groups excluding carboxylic acids is 1. The highest BCUT2D eigenvalue weighted by Gasteiger charge is 2.23. The molecule has 1 fully saturated rings. The number of hydrogen-bond acceptors (Lipinski definition) is 3. The van der Waals surface area contributed by atoms with Gasteiger partial charge in [0.15, 0.2) is 0 Å². The van der Waals surface area contributed by atoms with E-state index >= 15 is 0 Å². The Hall–Kier alpha value is -0.610. The van der Waals surface area contributed by atoms with Gasteiger partial charge in [-0.3, -0.25) is 4.79 Å². The van der Waals surface area contributed by atoms with Crippen LogP contribution in [-0.4, -0.2) is 29.2 Å². The van der Waals surface area contributed by atoms with E-state index in [0.29, 0.717) is 6.42 Å². The van der Waals surface area contributed by atoms with Crippen LogP contribution in [-0.2, 0) is 4.79 Å². The molecular formula is C12H24N2O2. The zero-order valence-electron chi connectivity index (χ0n) is 10.1. The molecule has 1 rings (SSSR count). The van der Waals surface area contributed by atoms with Gasteiger partial charge >= 0.3 is 0 Å². The number of nitrogens with two attached hydrogens (primary N) is 1. The maximum atomic E-state index is 11.6. The van der Waals surface area contributed by atoms with Crippen molar-refractivity contribution in [2.45, 2.75) is 70.1 Å². The second kappa shape index (κ2) is 6.86. The van der Waals surface area contributed by atoms with Crippen molar-refractivity contribution < 1.29 is 9.90 Å². The van der Waals surface area contributed by atoms with Gasteiger partial charge in [0.2, 0.25) is 5.91 Å². The van der Waals surface area contributed by atoms with Crippen molar-refractivity contribution in [3.05, 3.63) is 0 Å². The van der Waals surface area contributed by atoms with Gasteiger partial charge in [-0.1, -0.05) is 12.8 Å². The molecule has 0 aromatic rings. The lowest BCUT2D eigenvalue weighted by Crippen LogP contribution is -2.45. The van der Waals surface area contributed by atoms with Crippen LogP contribution in [0.2, 0.25) is 0 Å². The summed E-state index contributed by atoms with van der Waals surface area (Å²) in [5.41, 5.74) is 5.61. The smallest absolute Gasteiger partial charge is 0.220 e. The average Bonchev–Trinajstić information content (AvgIpc) is 2.21. The van der Waals surface area contributed by atoms with Crippen LogP contribution in [0.5, 0.6) is 0 Å². The first-order valence-electron chi connectivity index (χ1n) is 6.32. The monoisotopic (exact) mass is 228 g/mol. The predicted molar refractivity (Wildman–Crippen MR) is 63.9 cm³/mol. The minimum atomic E-state index is -0.355. The van der Waals surface area contributed by atoms with Gasteiger partial charge in [0.25, 0.3) is 0 Å². The van der Waals surface area contributed by atoms with Crippen LogP contribution in [0, 0.1) is 0 Å². The van der Waals surface area contributed by atoms with Crippen LogP contribution in [0.1, 0.15) is 51.9 Å². The molecule has 0 bridgehead atoms. The van der Waals surface area contributed by atoms with E-state index in [1.807, 2.05) is 6.92 Å². The molecule has 1 amide bonds. The molecule has 0 aliphatic heterocycles. The van der Waals surface area contributed by atoms with Crippen molar-refractivity contribution in [3.63, 3.8) is 0 Å². The summed E-state index contributed by atoms with van der Waals surface area (Å²) in [5.74, 6) is 0.0478. The summed E-state index contributed by atoms with van der Waals surface area (Å²) in [6.07, 6.45) is 5.74. The number of amides is 1. The van der Waals surface area contributed by atoms with E-state index in [1.165, 1.54) is 0 Å². The molecule has 0 spiro atoms. The first-order chi connectivity index (χ1) is 7.59. The van der Waals surface area contributed by atoms with Crippen LogP contribution in [0.15, 0.2) is 0 Å². The van der Waals surface area contributed by atoms with E-state index in [2.05, 4.69) is 5.32 Å². The Kier molecular flexibility index (Phi) is 5.77. The highest BCUT2D eigenvalue weighted by Crippen LogP contribution is 2.18. The minimum Gasteiger partial charge on any atom is -0.391 e. The summed E-state index contributed by atoms with van der Waals surface area (Å²) in [5, 5.41) is 12.6. The lowest BCUT2D eigenvalue weighted by atomic mass is 9.92. The Balaban J connectivity index is 2.17. The third-order valence-electron chi connectivity index (χ3n) is 3.14. The van der Waals surface area contributed by atoms with Crippen LogP contribution < -0.4 is 11.1 Å². The number of aliphatic hydroxyl groups excluding tert-OH is 1. The predicted octanol–water partition coefficient (Wildman–Crippen LogP) is 0.924. The van der Waals surface area contributed by atoms with Gasteiger partial charge in [0.05, 0.1) is 12.1 Å². The lowest BCUT2D eigenvalue weighted by molar-refractivity contribution is -0.123. The number of hydrogen-bond donors (Lipinski definition) is 3. The summed E-state index contributed by atoms with van der Waals surface area (Å²) in [6.45, 7) is 1.95. The lowest BCUT2D eigenvalue weighted by Gasteiger charge is -2.28. The van der Waals surface area contributed by atoms with Crippen molar-refractivity contribution >= 4 is 5.91 Å². The Morgan fingerprint density at radius 2 is 2.19 bits per heavy atom. The van der Waals surface area contributed by atoms with E-state index in [0.717, 1.165) is 38.5 Å². The van der Waals surface area contributed by atoms with Gasteiger partial charge in [-0.05, 0) is 32.6 Å². The number of nitrogens with one attached hydrogen (secondary N) is 1. The Morgan fingerprint density at radius 3 is 2.81 bits per heavy atom. The van der Waals surface area contributed by atoms with Crippen molar-refractivity contribution in [2.75, 3.05) is 0 Å². The van der Waals surface area contributed by atoms with Gasteiger partial charge in [-0.2, -0.15) is 0 Å². The van der Waals surface area contributed by atoms with E-state index in [-0.39, 0.29) is 24.1 Å². The first kappa shape index (κ1) is 13.5. The molecule has 1 unspecified atom stereocenters. The fourth-order valence-corrected chi connectivity index (χ4v) is 2.14. The van der Waals surface area contributed by atoms with Crippen LogP contribution >= 0.6 is 0 Å². The van der Waals surface area contributed by atoms with E-state index in [1.54, 1.807) is 0 Å². The third-order valence-corrected chi connectivity index (χ3v) is 3.14. The van der Waals surface area contributed by atoms with E-state index in [9.17, 15) is 9.90 Å². The van der Waals surface area contributed by atoms with Gasteiger partial charge in [-0.25, -0.2) is 0 Å². The Morgan fingerprint density at radius 1 is 1.50 bits per heavy atom. The summed E-state index contributed by atoms with van der Waals surface area (Å²) >= 11 is 0. The maximum Gasteiger partial charge on any atom is 0.220 e. The SMILES string of the molecule is CC(N)CCCC(=O)N[C@@H]1CCCC[C@H]1O. The van der Waals surface area contributed by atoms with Gasteiger partial charge in [0.1, 0.15) is 0 Å². The second-order valence-corrected chi connectivity index (χ2v) is 4.90. The molecule has 0 aromatic carbocycles. The van der Waals surface area contributed by atoms with Crippen LogP contribution in [0.3, 0.4) is 0 Å². The molecular weight excluding hydrogens is 204 g/mol. The van der Waals surface area contributed by atoms with Crippen LogP contribution in [0.4, 0.5) is 0 Å². The fraction of sp³-hybridized carbons (Fsp3) is 0.917. The molecule has 4 N–H and O–H groups in total. The topological polar surface area (TPSA) is 75.4 Å². The molecule has 1 saturated carbocycles. The molecule has 4 heteroatoms. The van der Waals surface area contributed by atoms with Gasteiger partial charge in [-0.15, -0.1) is 0 Å². The summed E-state index contributed by atoms with van der Waals surface area (Å²) < 4.78 is 0. The summed E-state index contributed by atoms with van der Waals surface area (Å²) in [7, 11) is 0. The molecule has 1 aliphatic rings. The molecule has 0 heterocycles. The van der Waals surface area contributed by atoms with Crippen molar-refractivity contribution in [1.29, 1.82) is 0 Å². The highest BCUT2D eigenvalue weighted by molar-refractivity contribution is 5.76. The fourth-order valence-electron chi connectivity index (χ4n) is 2.14. The Labute approximate surface area is 97.6 Å². The summed E-state index contributed by atoms with van der Waals surface area (Å²) in [4.78, 5) is 11.6. The van der Waals surface area contributed by atoms with Crippen molar-refractivity contribution in [1.82, 2.24) is 5.32 Å². The largest absolute Gasteiger partial charge is 0.391 e. The molecule has 4 nitrogen and oxygen atoms in total. The number of carbonyl (C=O) groups is 1. The van der Waals surface area contributed by atoms with E-state index < -0.39 is 0 Å². The summed E-state index contributed by atoms with van der Waals surface area (Å²) in [6, 6.07) is 0.129. The molecule has 94 valence electrons. The normalized spacial score (nSPS) is 27.4. The second-order valence-electron chi connectivity index (χ2n) is 4.90. The van der Waals surface area contributed by atoms with Gasteiger partial charge < -0.3 is 16.2 Å². The quantitative estimate of drug-likeness (QED) is 0.655. The van der Waals surface area contributed by atoms with Gasteiger partial charge in [0, 0.05) is 12.5 Å². The molecule has 1 aliphatic carbocycles. The van der Waals surface area contributed by atoms with E-state index in [4.69, 9.17) is 5.73 Å². The molecule has 16 heavy (non-hydrogen) atoms. The van der Waals surface area contributed by atoms with Crippen molar-refractivity contribution in [2.24, 2.45) is 5.73 Å². The molecule has 0 radical (unpaired) electrons. The van der Waals surface area contributed by atoms with Crippen molar-refractivity contribution in [3.8, 4) is 0 Å². The minimum absolute atomic E-state index is 0.0310. The first-order valence-corrected chi connectivity index (χ1v) is 6.32. The zero-order valence-corrected chi connectivity index (χ0v) is 10.1. The van der Waals surface area contributed by atoms with Crippen LogP contribution in [0.25, 0.3) is 0 Å². The number of rotatable bonds is 5. The molecule has 3 atom stereocenters. The highest BCUT2D eigenvalue weighted by atomic mass is 16.3. The standard InChI is InChI=1S/C12H24N2O2/c1-9(13)5-4-8-12(16)14-10-6-2-3-7-11(10)15/h9-11,15H,2-8,13H2,1H3,(H,14,16)/t9?,10-,11-/m1/s1. The zero-order chi connectivity index (χ0) is 12.0. The third kappa shape index (κ3) is 4.94. The molecule has 0 saturated heterocycles. The Bertz CT molecular complexity index is 219. The average molecular weight is 228 g/mol. The maximum absolute atomic E-state index is 11.6. The molecule has 0 aromatic heterocycles.